The largest absolute Gasteiger partial charge is 0.433 e. The van der Waals surface area contributed by atoms with Crippen LogP contribution in [0.5, 0.6) is 0 Å². The highest BCUT2D eigenvalue weighted by Gasteiger charge is 2.37. The molecule has 10 heteroatoms. The van der Waals surface area contributed by atoms with Crippen LogP contribution in [0.15, 0.2) is 59.1 Å². The summed E-state index contributed by atoms with van der Waals surface area (Å²) < 4.78 is 43.2. The van der Waals surface area contributed by atoms with Gasteiger partial charge >= 0.3 is 6.18 Å². The number of halogens is 5. The minimum Gasteiger partial charge on any atom is -0.307 e. The average molecular weight is 536 g/mol. The molecule has 33 heavy (non-hydrogen) atoms. The zero-order valence-electron chi connectivity index (χ0n) is 16.9. The van der Waals surface area contributed by atoms with Crippen molar-refractivity contribution in [3.05, 3.63) is 81.0 Å². The van der Waals surface area contributed by atoms with Crippen molar-refractivity contribution in [2.45, 2.75) is 19.0 Å². The first kappa shape index (κ1) is 21.9. The second-order valence-corrected chi connectivity index (χ2v) is 8.91. The van der Waals surface area contributed by atoms with Crippen molar-refractivity contribution in [1.82, 2.24) is 14.6 Å². The van der Waals surface area contributed by atoms with E-state index in [1.165, 1.54) is 4.90 Å². The molecule has 1 amide bonds. The Morgan fingerprint density at radius 1 is 1.09 bits per heavy atom. The summed E-state index contributed by atoms with van der Waals surface area (Å²) in [6.45, 7) is 0.420. The molecule has 168 valence electrons. The normalized spacial score (nSPS) is 13.9. The van der Waals surface area contributed by atoms with Crippen LogP contribution in [-0.2, 0) is 12.6 Å². The van der Waals surface area contributed by atoms with Crippen LogP contribution in [0.3, 0.4) is 0 Å². The van der Waals surface area contributed by atoms with Crippen LogP contribution in [0, 0.1) is 0 Å². The predicted molar refractivity (Wildman–Crippen MR) is 123 cm³/mol. The summed E-state index contributed by atoms with van der Waals surface area (Å²) in [6, 6.07) is 15.0. The molecule has 0 saturated carbocycles. The number of rotatable bonds is 2. The highest BCUT2D eigenvalue weighted by atomic mass is 79.9. The molecule has 0 N–H and O–H groups in total. The number of aryl methyl sites for hydroxylation is 1. The quantitative estimate of drug-likeness (QED) is 0.297. The number of anilines is 1. The van der Waals surface area contributed by atoms with Crippen molar-refractivity contribution in [3.8, 4) is 11.3 Å². The van der Waals surface area contributed by atoms with Gasteiger partial charge in [-0.25, -0.2) is 9.50 Å². The summed E-state index contributed by atoms with van der Waals surface area (Å²) in [5.74, 6) is -0.559. The standard InChI is InChI=1S/C23H15BrClF3N4O/c24-15-9-7-13(8-10-15)16-12-18(23(26,27)28)32-21(29-16)19(25)20(30-32)22(33)31-11-3-5-14-4-1-2-6-17(14)31/h1-2,4,6-10,12H,3,5,11H2. The van der Waals surface area contributed by atoms with Gasteiger partial charge in [-0.05, 0) is 42.7 Å². The fourth-order valence-electron chi connectivity index (χ4n) is 3.97. The van der Waals surface area contributed by atoms with Crippen molar-refractivity contribution in [2.75, 3.05) is 11.4 Å². The fourth-order valence-corrected chi connectivity index (χ4v) is 4.48. The van der Waals surface area contributed by atoms with Crippen LogP contribution in [0.2, 0.25) is 5.02 Å². The second kappa shape index (κ2) is 8.14. The Balaban J connectivity index is 1.67. The van der Waals surface area contributed by atoms with E-state index in [-0.39, 0.29) is 22.1 Å². The Morgan fingerprint density at radius 3 is 2.55 bits per heavy atom. The molecule has 3 heterocycles. The molecule has 0 spiro atoms. The molecular weight excluding hydrogens is 521 g/mol. The van der Waals surface area contributed by atoms with E-state index in [2.05, 4.69) is 26.0 Å². The van der Waals surface area contributed by atoms with E-state index in [1.807, 2.05) is 18.2 Å². The third-order valence-corrected chi connectivity index (χ3v) is 6.40. The first-order chi connectivity index (χ1) is 15.7. The minimum absolute atomic E-state index is 0.0754. The average Bonchev–Trinajstić information content (AvgIpc) is 3.14. The first-order valence-corrected chi connectivity index (χ1v) is 11.2. The van der Waals surface area contributed by atoms with Crippen molar-refractivity contribution in [2.24, 2.45) is 0 Å². The summed E-state index contributed by atoms with van der Waals surface area (Å²) >= 11 is 9.74. The Hall–Kier alpha value is -2.91. The fraction of sp³-hybridized carbons (Fsp3) is 0.174. The molecule has 1 aliphatic heterocycles. The van der Waals surface area contributed by atoms with Crippen LogP contribution in [-0.4, -0.2) is 27.0 Å². The number of hydrogen-bond donors (Lipinski definition) is 0. The maximum absolute atomic E-state index is 13.9. The monoisotopic (exact) mass is 534 g/mol. The van der Waals surface area contributed by atoms with Crippen molar-refractivity contribution < 1.29 is 18.0 Å². The molecule has 2 aromatic carbocycles. The lowest BCUT2D eigenvalue weighted by Gasteiger charge is -2.28. The molecular formula is C23H15BrClF3N4O. The summed E-state index contributed by atoms with van der Waals surface area (Å²) in [5.41, 5.74) is 0.695. The van der Waals surface area contributed by atoms with E-state index in [9.17, 15) is 18.0 Å². The number of amides is 1. The van der Waals surface area contributed by atoms with Crippen LogP contribution in [0.4, 0.5) is 18.9 Å². The van der Waals surface area contributed by atoms with E-state index in [0.29, 0.717) is 22.3 Å². The third-order valence-electron chi connectivity index (χ3n) is 5.52. The Kier molecular flexibility index (Phi) is 5.41. The van der Waals surface area contributed by atoms with Crippen LogP contribution in [0.25, 0.3) is 16.9 Å². The number of benzene rings is 2. The molecule has 4 aromatic rings. The molecule has 0 bridgehead atoms. The summed E-state index contributed by atoms with van der Waals surface area (Å²) in [5, 5.41) is 3.76. The molecule has 0 saturated heterocycles. The van der Waals surface area contributed by atoms with E-state index in [0.717, 1.165) is 28.9 Å². The van der Waals surface area contributed by atoms with Gasteiger partial charge in [0.25, 0.3) is 5.91 Å². The molecule has 2 aromatic heterocycles. The minimum atomic E-state index is -4.74. The number of nitrogens with zero attached hydrogens (tertiary/aromatic N) is 4. The third kappa shape index (κ3) is 3.89. The second-order valence-electron chi connectivity index (χ2n) is 7.62. The molecule has 0 atom stereocenters. The van der Waals surface area contributed by atoms with Crippen molar-refractivity contribution >= 4 is 44.8 Å². The SMILES string of the molecule is O=C(c1nn2c(C(F)(F)F)cc(-c3ccc(Br)cc3)nc2c1Cl)N1CCCc2ccccc21. The maximum Gasteiger partial charge on any atom is 0.433 e. The highest BCUT2D eigenvalue weighted by Crippen LogP contribution is 2.36. The lowest BCUT2D eigenvalue weighted by atomic mass is 10.0. The van der Waals surface area contributed by atoms with Crippen LogP contribution >= 0.6 is 27.5 Å². The lowest BCUT2D eigenvalue weighted by Crippen LogP contribution is -2.35. The number of para-hydroxylation sites is 1. The number of carbonyl (C=O) groups is 1. The van der Waals surface area contributed by atoms with Gasteiger partial charge in [-0.1, -0.05) is 57.9 Å². The van der Waals surface area contributed by atoms with Gasteiger partial charge < -0.3 is 4.90 Å². The number of carbonyl (C=O) groups excluding carboxylic acids is 1. The van der Waals surface area contributed by atoms with Gasteiger partial charge in [0.1, 0.15) is 5.02 Å². The number of fused-ring (bicyclic) bond motifs is 2. The summed E-state index contributed by atoms with van der Waals surface area (Å²) in [4.78, 5) is 19.2. The topological polar surface area (TPSA) is 50.5 Å². The summed E-state index contributed by atoms with van der Waals surface area (Å²) in [7, 11) is 0. The maximum atomic E-state index is 13.9. The van der Waals surface area contributed by atoms with Crippen molar-refractivity contribution in [3.63, 3.8) is 0 Å². The molecule has 0 unspecified atom stereocenters. The van der Waals surface area contributed by atoms with Gasteiger partial charge in [0.05, 0.1) is 5.69 Å². The lowest BCUT2D eigenvalue weighted by molar-refractivity contribution is -0.142. The van der Waals surface area contributed by atoms with Gasteiger partial charge in [0.2, 0.25) is 0 Å². The number of alkyl halides is 3. The molecule has 5 rings (SSSR count). The van der Waals surface area contributed by atoms with Crippen LogP contribution < -0.4 is 4.90 Å². The van der Waals surface area contributed by atoms with Gasteiger partial charge in [0, 0.05) is 22.3 Å². The first-order valence-electron chi connectivity index (χ1n) is 10.1. The predicted octanol–water partition coefficient (Wildman–Crippen LogP) is 6.42. The van der Waals surface area contributed by atoms with Gasteiger partial charge in [-0.2, -0.15) is 18.3 Å². The van der Waals surface area contributed by atoms with Gasteiger partial charge in [-0.15, -0.1) is 0 Å². The number of aromatic nitrogens is 3. The van der Waals surface area contributed by atoms with E-state index in [4.69, 9.17) is 11.6 Å². The van der Waals surface area contributed by atoms with Crippen molar-refractivity contribution in [1.29, 1.82) is 0 Å². The zero-order valence-corrected chi connectivity index (χ0v) is 19.2. The Labute approximate surface area is 199 Å². The molecule has 0 radical (unpaired) electrons. The Bertz CT molecular complexity index is 1390. The smallest absolute Gasteiger partial charge is 0.307 e. The molecule has 5 nitrogen and oxygen atoms in total. The van der Waals surface area contributed by atoms with Crippen LogP contribution in [0.1, 0.15) is 28.2 Å². The molecule has 0 fully saturated rings. The molecule has 0 aliphatic carbocycles. The number of hydrogen-bond acceptors (Lipinski definition) is 3. The Morgan fingerprint density at radius 2 is 1.82 bits per heavy atom. The van der Waals surface area contributed by atoms with E-state index < -0.39 is 17.8 Å². The zero-order chi connectivity index (χ0) is 23.3. The highest BCUT2D eigenvalue weighted by molar-refractivity contribution is 9.10. The van der Waals surface area contributed by atoms with Gasteiger partial charge in [-0.3, -0.25) is 4.79 Å². The summed E-state index contributed by atoms with van der Waals surface area (Å²) in [6.07, 6.45) is -3.19. The van der Waals surface area contributed by atoms with E-state index in [1.54, 1.807) is 30.3 Å². The van der Waals surface area contributed by atoms with Gasteiger partial charge in [0.15, 0.2) is 17.0 Å². The molecule has 1 aliphatic rings. The van der Waals surface area contributed by atoms with E-state index >= 15 is 0 Å².